The number of aromatic hydroxyl groups is 2. The highest BCUT2D eigenvalue weighted by Gasteiger charge is 2.18. The number of hydrogen-bond donors (Lipinski definition) is 4. The van der Waals surface area contributed by atoms with E-state index in [1.54, 1.807) is 0 Å². The van der Waals surface area contributed by atoms with Crippen molar-refractivity contribution in [2.75, 3.05) is 6.61 Å². The van der Waals surface area contributed by atoms with Gasteiger partial charge in [0.05, 0.1) is 18.2 Å². The number of aliphatic hydroxyl groups is 1. The van der Waals surface area contributed by atoms with Crippen molar-refractivity contribution < 1.29 is 19.7 Å². The molecule has 0 bridgehead atoms. The molecule has 13 heavy (non-hydrogen) atoms. The predicted octanol–water partition coefficient (Wildman–Crippen LogP) is 0.229. The monoisotopic (exact) mass is 187 g/mol. The van der Waals surface area contributed by atoms with Crippen LogP contribution in [-0.2, 0) is 0 Å². The molecule has 5 heteroatoms. The Balaban J connectivity index is 3.25. The van der Waals surface area contributed by atoms with Crippen LogP contribution in [0.4, 0.5) is 4.39 Å². The standard InChI is InChI=1S/C8H10FNO3/c9-8-6(13)2-1-5(12)7(8)4(10)3-11/h1-2,4,11-13H,3,10H2. The summed E-state index contributed by atoms with van der Waals surface area (Å²) in [5.74, 6) is -1.98. The smallest absolute Gasteiger partial charge is 0.173 e. The third-order valence-corrected chi connectivity index (χ3v) is 1.70. The first-order valence-corrected chi connectivity index (χ1v) is 3.64. The number of aliphatic hydroxyl groups excluding tert-OH is 1. The zero-order valence-corrected chi connectivity index (χ0v) is 6.74. The molecule has 1 unspecified atom stereocenters. The van der Waals surface area contributed by atoms with Gasteiger partial charge in [-0.1, -0.05) is 0 Å². The zero-order valence-electron chi connectivity index (χ0n) is 6.74. The van der Waals surface area contributed by atoms with Gasteiger partial charge in [-0.3, -0.25) is 0 Å². The van der Waals surface area contributed by atoms with Crippen LogP contribution in [0.15, 0.2) is 12.1 Å². The quantitative estimate of drug-likeness (QED) is 0.499. The molecular formula is C8H10FNO3. The fourth-order valence-electron chi connectivity index (χ4n) is 1.02. The van der Waals surface area contributed by atoms with E-state index in [4.69, 9.17) is 15.9 Å². The van der Waals surface area contributed by atoms with E-state index < -0.39 is 24.2 Å². The molecule has 5 N–H and O–H groups in total. The van der Waals surface area contributed by atoms with Crippen LogP contribution in [0.25, 0.3) is 0 Å². The van der Waals surface area contributed by atoms with Crippen LogP contribution in [0, 0.1) is 5.82 Å². The summed E-state index contributed by atoms with van der Waals surface area (Å²) >= 11 is 0. The Morgan fingerprint density at radius 3 is 2.38 bits per heavy atom. The first kappa shape index (κ1) is 9.76. The number of hydrogen-bond acceptors (Lipinski definition) is 4. The third kappa shape index (κ3) is 1.71. The number of benzene rings is 1. The highest BCUT2D eigenvalue weighted by molar-refractivity contribution is 5.42. The predicted molar refractivity (Wildman–Crippen MR) is 43.7 cm³/mol. The van der Waals surface area contributed by atoms with Crippen LogP contribution in [0.5, 0.6) is 11.5 Å². The van der Waals surface area contributed by atoms with Crippen LogP contribution in [0.1, 0.15) is 11.6 Å². The molecule has 4 nitrogen and oxygen atoms in total. The molecule has 0 aromatic heterocycles. The first-order valence-electron chi connectivity index (χ1n) is 3.64. The fraction of sp³-hybridized carbons (Fsp3) is 0.250. The lowest BCUT2D eigenvalue weighted by Crippen LogP contribution is -2.16. The van der Waals surface area contributed by atoms with Crippen molar-refractivity contribution in [2.45, 2.75) is 6.04 Å². The lowest BCUT2D eigenvalue weighted by Gasteiger charge is -2.12. The molecule has 0 aliphatic rings. The summed E-state index contributed by atoms with van der Waals surface area (Å²) in [4.78, 5) is 0. The van der Waals surface area contributed by atoms with Gasteiger partial charge in [-0.15, -0.1) is 0 Å². The zero-order chi connectivity index (χ0) is 10.0. The summed E-state index contributed by atoms with van der Waals surface area (Å²) in [6, 6.07) is 1.09. The minimum Gasteiger partial charge on any atom is -0.507 e. The molecule has 0 aliphatic heterocycles. The minimum atomic E-state index is -1.04. The van der Waals surface area contributed by atoms with Gasteiger partial charge in [-0.05, 0) is 12.1 Å². The second-order valence-corrected chi connectivity index (χ2v) is 2.62. The first-order chi connectivity index (χ1) is 6.07. The van der Waals surface area contributed by atoms with Gasteiger partial charge in [-0.2, -0.15) is 0 Å². The topological polar surface area (TPSA) is 86.7 Å². The van der Waals surface area contributed by atoms with Crippen LogP contribution in [-0.4, -0.2) is 21.9 Å². The SMILES string of the molecule is NC(CO)c1c(O)ccc(O)c1F. The van der Waals surface area contributed by atoms with E-state index in [0.29, 0.717) is 0 Å². The molecule has 0 amide bonds. The number of nitrogens with two attached hydrogens (primary N) is 1. The van der Waals surface area contributed by atoms with E-state index in [2.05, 4.69) is 0 Å². The molecule has 0 saturated carbocycles. The van der Waals surface area contributed by atoms with E-state index in [1.165, 1.54) is 0 Å². The van der Waals surface area contributed by atoms with Crippen molar-refractivity contribution in [1.29, 1.82) is 0 Å². The fourth-order valence-corrected chi connectivity index (χ4v) is 1.02. The second-order valence-electron chi connectivity index (χ2n) is 2.62. The Kier molecular flexibility index (Phi) is 2.69. The molecule has 0 saturated heterocycles. The Hall–Kier alpha value is -1.33. The van der Waals surface area contributed by atoms with Crippen LogP contribution in [0.2, 0.25) is 0 Å². The minimum absolute atomic E-state index is 0.275. The maximum Gasteiger partial charge on any atom is 0.173 e. The molecule has 1 rings (SSSR count). The van der Waals surface area contributed by atoms with Crippen molar-refractivity contribution in [3.63, 3.8) is 0 Å². The second kappa shape index (κ2) is 3.59. The molecule has 1 aromatic rings. The highest BCUT2D eigenvalue weighted by atomic mass is 19.1. The molecule has 0 fully saturated rings. The lowest BCUT2D eigenvalue weighted by molar-refractivity contribution is 0.261. The lowest BCUT2D eigenvalue weighted by atomic mass is 10.1. The molecule has 1 aromatic carbocycles. The van der Waals surface area contributed by atoms with E-state index in [1.807, 2.05) is 0 Å². The van der Waals surface area contributed by atoms with Crippen molar-refractivity contribution in [2.24, 2.45) is 5.73 Å². The summed E-state index contributed by atoms with van der Waals surface area (Å²) in [7, 11) is 0. The maximum absolute atomic E-state index is 13.1. The van der Waals surface area contributed by atoms with Crippen molar-refractivity contribution in [3.05, 3.63) is 23.5 Å². The van der Waals surface area contributed by atoms with Gasteiger partial charge in [0.25, 0.3) is 0 Å². The van der Waals surface area contributed by atoms with E-state index in [9.17, 15) is 9.50 Å². The normalized spacial score (nSPS) is 12.8. The van der Waals surface area contributed by atoms with Crippen LogP contribution in [0.3, 0.4) is 0 Å². The third-order valence-electron chi connectivity index (χ3n) is 1.70. The molecule has 0 radical (unpaired) electrons. The molecule has 0 spiro atoms. The van der Waals surface area contributed by atoms with Crippen molar-refractivity contribution in [1.82, 2.24) is 0 Å². The molecule has 0 aliphatic carbocycles. The summed E-state index contributed by atoms with van der Waals surface area (Å²) in [5.41, 5.74) is 5.03. The Bertz CT molecular complexity index is 317. The number of rotatable bonds is 2. The van der Waals surface area contributed by atoms with Crippen LogP contribution < -0.4 is 5.73 Å². The van der Waals surface area contributed by atoms with E-state index in [-0.39, 0.29) is 11.3 Å². The van der Waals surface area contributed by atoms with Crippen molar-refractivity contribution >= 4 is 0 Å². The summed E-state index contributed by atoms with van der Waals surface area (Å²) in [6.45, 7) is -0.506. The summed E-state index contributed by atoms with van der Waals surface area (Å²) in [6.07, 6.45) is 0. The van der Waals surface area contributed by atoms with Gasteiger partial charge in [0, 0.05) is 0 Å². The molecule has 1 atom stereocenters. The maximum atomic E-state index is 13.1. The number of phenols is 2. The van der Waals surface area contributed by atoms with Gasteiger partial charge in [0.1, 0.15) is 5.75 Å². The Labute approximate surface area is 74.0 Å². The summed E-state index contributed by atoms with van der Waals surface area (Å²) in [5, 5.41) is 26.8. The largest absolute Gasteiger partial charge is 0.507 e. The average Bonchev–Trinajstić information content (AvgIpc) is 2.12. The van der Waals surface area contributed by atoms with Gasteiger partial charge >= 0.3 is 0 Å². The van der Waals surface area contributed by atoms with E-state index >= 15 is 0 Å². The number of phenolic OH excluding ortho intramolecular Hbond substituents is 2. The molecular weight excluding hydrogens is 177 g/mol. The highest BCUT2D eigenvalue weighted by Crippen LogP contribution is 2.30. The van der Waals surface area contributed by atoms with Gasteiger partial charge in [0.15, 0.2) is 11.6 Å². The van der Waals surface area contributed by atoms with Crippen LogP contribution >= 0.6 is 0 Å². The average molecular weight is 187 g/mol. The molecule has 0 heterocycles. The van der Waals surface area contributed by atoms with E-state index in [0.717, 1.165) is 12.1 Å². The number of halogens is 1. The summed E-state index contributed by atoms with van der Waals surface area (Å²) < 4.78 is 13.1. The van der Waals surface area contributed by atoms with Gasteiger partial charge in [-0.25, -0.2) is 4.39 Å². The van der Waals surface area contributed by atoms with Gasteiger partial charge < -0.3 is 21.1 Å². The Morgan fingerprint density at radius 1 is 1.31 bits per heavy atom. The Morgan fingerprint density at radius 2 is 1.85 bits per heavy atom. The van der Waals surface area contributed by atoms with Crippen molar-refractivity contribution in [3.8, 4) is 11.5 Å². The van der Waals surface area contributed by atoms with Gasteiger partial charge in [0.2, 0.25) is 0 Å². The molecule has 72 valence electrons.